The summed E-state index contributed by atoms with van der Waals surface area (Å²) in [4.78, 5) is 17.2. The van der Waals surface area contributed by atoms with Crippen LogP contribution in [0.5, 0.6) is 5.88 Å². The molecule has 3 aromatic rings. The van der Waals surface area contributed by atoms with Crippen LogP contribution in [0.25, 0.3) is 0 Å². The second-order valence-electron chi connectivity index (χ2n) is 9.08. The predicted octanol–water partition coefficient (Wildman–Crippen LogP) is 4.52. The molecule has 1 aliphatic carbocycles. The Morgan fingerprint density at radius 3 is 2.58 bits per heavy atom. The van der Waals surface area contributed by atoms with E-state index in [1.54, 1.807) is 0 Å². The van der Waals surface area contributed by atoms with Gasteiger partial charge in [0.25, 0.3) is 0 Å². The summed E-state index contributed by atoms with van der Waals surface area (Å²) in [7, 11) is 0. The number of ether oxygens (including phenoxy) is 1. The third-order valence-corrected chi connectivity index (χ3v) is 6.49. The van der Waals surface area contributed by atoms with Crippen LogP contribution in [0.3, 0.4) is 0 Å². The van der Waals surface area contributed by atoms with Gasteiger partial charge in [0.2, 0.25) is 5.88 Å². The van der Waals surface area contributed by atoms with Crippen molar-refractivity contribution in [1.29, 1.82) is 0 Å². The zero-order chi connectivity index (χ0) is 21.4. The maximum absolute atomic E-state index is 6.10. The highest BCUT2D eigenvalue weighted by atomic mass is 16.5. The van der Waals surface area contributed by atoms with E-state index in [1.165, 1.54) is 37.6 Å². The van der Waals surface area contributed by atoms with Crippen molar-refractivity contribution >= 4 is 17.2 Å². The van der Waals surface area contributed by atoms with Gasteiger partial charge in [-0.1, -0.05) is 24.3 Å². The van der Waals surface area contributed by atoms with Gasteiger partial charge in [-0.25, -0.2) is 15.0 Å². The molecular weight excluding hydrogens is 388 g/mol. The number of aliphatic imine (C=N–C) groups is 1. The fraction of sp³-hybridized carbons (Fsp3) is 0.417. The summed E-state index contributed by atoms with van der Waals surface area (Å²) in [5.74, 6) is 2.13. The van der Waals surface area contributed by atoms with Crippen LogP contribution in [-0.2, 0) is 6.54 Å². The molecule has 0 radical (unpaired) electrons. The summed E-state index contributed by atoms with van der Waals surface area (Å²) in [5, 5.41) is 0. The Labute approximate surface area is 182 Å². The van der Waals surface area contributed by atoms with Crippen molar-refractivity contribution in [1.82, 2.24) is 19.5 Å². The summed E-state index contributed by atoms with van der Waals surface area (Å²) in [6.07, 6.45) is 12.2. The standard InChI is InChI=1S/C24H28N6O/c1-24(2)21(29-20-22(25)27-14-28-23(20)31-24)19-9-7-18(8-10-19)17-5-3-16(4-6-17)13-30-12-11-26-15-30/h7-12,14-17H,3-6,13H2,1-2H3,(H2,25,27,28)/t16-,17-. The van der Waals surface area contributed by atoms with Gasteiger partial charge >= 0.3 is 0 Å². The molecule has 3 heterocycles. The normalized spacial score (nSPS) is 22.3. The number of rotatable bonds is 4. The molecule has 1 aliphatic heterocycles. The molecule has 7 heteroatoms. The van der Waals surface area contributed by atoms with Crippen molar-refractivity contribution < 1.29 is 4.74 Å². The van der Waals surface area contributed by atoms with Gasteiger partial charge in [-0.3, -0.25) is 0 Å². The second-order valence-corrected chi connectivity index (χ2v) is 9.08. The molecular formula is C24H28N6O. The van der Waals surface area contributed by atoms with Crippen molar-refractivity contribution in [2.45, 2.75) is 57.6 Å². The molecule has 5 rings (SSSR count). The van der Waals surface area contributed by atoms with E-state index in [1.807, 2.05) is 26.4 Å². The topological polar surface area (TPSA) is 91.2 Å². The fourth-order valence-corrected chi connectivity index (χ4v) is 4.79. The first-order chi connectivity index (χ1) is 15.0. The highest BCUT2D eigenvalue weighted by Crippen LogP contribution is 2.40. The Hall–Kier alpha value is -3.22. The van der Waals surface area contributed by atoms with Crippen LogP contribution in [0, 0.1) is 5.92 Å². The molecule has 0 spiro atoms. The number of nitrogens with two attached hydrogens (primary N) is 1. The molecule has 7 nitrogen and oxygen atoms in total. The van der Waals surface area contributed by atoms with Gasteiger partial charge in [-0.2, -0.15) is 4.98 Å². The highest BCUT2D eigenvalue weighted by Gasteiger charge is 2.35. The Morgan fingerprint density at radius 2 is 1.87 bits per heavy atom. The fourth-order valence-electron chi connectivity index (χ4n) is 4.79. The quantitative estimate of drug-likeness (QED) is 0.675. The summed E-state index contributed by atoms with van der Waals surface area (Å²) in [6, 6.07) is 8.80. The number of nitrogens with zero attached hydrogens (tertiary/aromatic N) is 5. The Morgan fingerprint density at radius 1 is 1.10 bits per heavy atom. The minimum atomic E-state index is -0.597. The van der Waals surface area contributed by atoms with Crippen LogP contribution in [0.1, 0.15) is 56.6 Å². The molecule has 0 atom stereocenters. The van der Waals surface area contributed by atoms with Crippen molar-refractivity contribution in [3.8, 4) is 5.88 Å². The molecule has 0 amide bonds. The van der Waals surface area contributed by atoms with Crippen LogP contribution in [0.4, 0.5) is 11.5 Å². The summed E-state index contributed by atoms with van der Waals surface area (Å²) in [6.45, 7) is 5.08. The molecule has 2 aromatic heterocycles. The zero-order valence-corrected chi connectivity index (χ0v) is 18.0. The van der Waals surface area contributed by atoms with Gasteiger partial charge in [-0.05, 0) is 56.9 Å². The largest absolute Gasteiger partial charge is 0.463 e. The van der Waals surface area contributed by atoms with Gasteiger partial charge in [-0.15, -0.1) is 0 Å². The van der Waals surface area contributed by atoms with Crippen LogP contribution < -0.4 is 10.5 Å². The number of hydrogen-bond acceptors (Lipinski definition) is 6. The number of anilines is 1. The van der Waals surface area contributed by atoms with E-state index in [-0.39, 0.29) is 0 Å². The molecule has 0 unspecified atom stereocenters. The lowest BCUT2D eigenvalue weighted by Crippen LogP contribution is -2.41. The van der Waals surface area contributed by atoms with Crippen molar-refractivity contribution in [2.24, 2.45) is 10.9 Å². The Bertz CT molecular complexity index is 1080. The average molecular weight is 417 g/mol. The molecule has 2 aliphatic rings. The average Bonchev–Trinajstić information content (AvgIpc) is 3.27. The number of aromatic nitrogens is 4. The number of nitrogen functional groups attached to an aromatic ring is 1. The first-order valence-electron chi connectivity index (χ1n) is 10.9. The van der Waals surface area contributed by atoms with E-state index in [0.29, 0.717) is 23.3 Å². The second kappa shape index (κ2) is 7.80. The zero-order valence-electron chi connectivity index (χ0n) is 18.0. The third kappa shape index (κ3) is 3.92. The molecule has 31 heavy (non-hydrogen) atoms. The van der Waals surface area contributed by atoms with E-state index >= 15 is 0 Å². The first kappa shape index (κ1) is 19.7. The molecule has 2 N–H and O–H groups in total. The predicted molar refractivity (Wildman–Crippen MR) is 121 cm³/mol. The van der Waals surface area contributed by atoms with Gasteiger partial charge < -0.3 is 15.0 Å². The smallest absolute Gasteiger partial charge is 0.246 e. The molecule has 1 aromatic carbocycles. The van der Waals surface area contributed by atoms with Gasteiger partial charge in [0, 0.05) is 24.5 Å². The van der Waals surface area contributed by atoms with Gasteiger partial charge in [0.1, 0.15) is 11.9 Å². The SMILES string of the molecule is CC1(C)Oc2ncnc(N)c2N=C1c1ccc([C@H]2CC[C@H](Cn3ccnc3)CC2)cc1. The first-order valence-corrected chi connectivity index (χ1v) is 10.9. The highest BCUT2D eigenvalue weighted by molar-refractivity contribution is 6.09. The number of benzene rings is 1. The van der Waals surface area contributed by atoms with Crippen molar-refractivity contribution in [3.63, 3.8) is 0 Å². The van der Waals surface area contributed by atoms with Crippen LogP contribution in [-0.4, -0.2) is 30.8 Å². The third-order valence-electron chi connectivity index (χ3n) is 6.49. The molecule has 0 bridgehead atoms. The van der Waals surface area contributed by atoms with Crippen LogP contribution >= 0.6 is 0 Å². The van der Waals surface area contributed by atoms with Crippen LogP contribution in [0.15, 0.2) is 54.3 Å². The lowest BCUT2D eigenvalue weighted by molar-refractivity contribution is 0.171. The maximum Gasteiger partial charge on any atom is 0.246 e. The maximum atomic E-state index is 6.10. The van der Waals surface area contributed by atoms with Crippen molar-refractivity contribution in [2.75, 3.05) is 5.73 Å². The molecule has 1 fully saturated rings. The summed E-state index contributed by atoms with van der Waals surface area (Å²) < 4.78 is 8.30. The van der Waals surface area contributed by atoms with E-state index in [4.69, 9.17) is 15.5 Å². The summed E-state index contributed by atoms with van der Waals surface area (Å²) in [5.41, 5.74) is 9.21. The Balaban J connectivity index is 1.31. The van der Waals surface area contributed by atoms with Gasteiger partial charge in [0.05, 0.1) is 12.0 Å². The minimum Gasteiger partial charge on any atom is -0.463 e. The van der Waals surface area contributed by atoms with E-state index < -0.39 is 5.60 Å². The van der Waals surface area contributed by atoms with Crippen LogP contribution in [0.2, 0.25) is 0 Å². The van der Waals surface area contributed by atoms with Crippen molar-refractivity contribution in [3.05, 3.63) is 60.4 Å². The molecule has 0 saturated heterocycles. The lowest BCUT2D eigenvalue weighted by Gasteiger charge is -2.32. The van der Waals surface area contributed by atoms with Gasteiger partial charge in [0.15, 0.2) is 11.5 Å². The van der Waals surface area contributed by atoms with E-state index in [9.17, 15) is 0 Å². The Kier molecular flexibility index (Phi) is 4.96. The van der Waals surface area contributed by atoms with E-state index in [0.717, 1.165) is 23.7 Å². The summed E-state index contributed by atoms with van der Waals surface area (Å²) >= 11 is 0. The number of fused-ring (bicyclic) bond motifs is 1. The monoisotopic (exact) mass is 416 g/mol. The van der Waals surface area contributed by atoms with E-state index in [2.05, 4.69) is 50.0 Å². The number of imidazole rings is 1. The molecule has 160 valence electrons. The minimum absolute atomic E-state index is 0.335. The number of hydrogen-bond donors (Lipinski definition) is 1. The molecule has 1 saturated carbocycles. The lowest BCUT2D eigenvalue weighted by atomic mass is 9.78.